The molecule has 0 spiro atoms. The Morgan fingerprint density at radius 2 is 1.96 bits per heavy atom. The summed E-state index contributed by atoms with van der Waals surface area (Å²) in [6.07, 6.45) is 4.23. The van der Waals surface area contributed by atoms with Gasteiger partial charge in [0.25, 0.3) is 5.56 Å². The zero-order valence-corrected chi connectivity index (χ0v) is 16.0. The number of nitrogens with zero attached hydrogens (tertiary/aromatic N) is 4. The van der Waals surface area contributed by atoms with Crippen LogP contribution in [-0.4, -0.2) is 30.6 Å². The first-order valence-electron chi connectivity index (χ1n) is 8.52. The van der Waals surface area contributed by atoms with Gasteiger partial charge in [-0.25, -0.2) is 9.97 Å². The highest BCUT2D eigenvalue weighted by atomic mass is 35.5. The van der Waals surface area contributed by atoms with Gasteiger partial charge in [0.15, 0.2) is 5.16 Å². The van der Waals surface area contributed by atoms with Crippen LogP contribution in [0, 0.1) is 0 Å². The van der Waals surface area contributed by atoms with Crippen molar-refractivity contribution in [3.8, 4) is 0 Å². The highest BCUT2D eigenvalue weighted by Crippen LogP contribution is 2.23. The number of aromatic nitrogens is 4. The first-order valence-corrected chi connectivity index (χ1v) is 9.88. The van der Waals surface area contributed by atoms with Crippen LogP contribution in [0.25, 0.3) is 16.6 Å². The summed E-state index contributed by atoms with van der Waals surface area (Å²) in [6, 6.07) is 11.0. The maximum absolute atomic E-state index is 12.8. The predicted molar refractivity (Wildman–Crippen MR) is 107 cm³/mol. The number of hydrogen-bond donors (Lipinski definition) is 1. The number of benzene rings is 1. The Morgan fingerprint density at radius 1 is 1.11 bits per heavy atom. The summed E-state index contributed by atoms with van der Waals surface area (Å²) in [5.41, 5.74) is 2.28. The Balaban J connectivity index is 1.67. The molecule has 0 aliphatic heterocycles. The highest BCUT2D eigenvalue weighted by Gasteiger charge is 2.12. The molecule has 0 bridgehead atoms. The fourth-order valence-electron chi connectivity index (χ4n) is 2.91. The molecule has 0 atom stereocenters. The monoisotopic (exact) mass is 400 g/mol. The molecule has 0 saturated carbocycles. The van der Waals surface area contributed by atoms with Crippen LogP contribution in [-0.2, 0) is 12.3 Å². The van der Waals surface area contributed by atoms with E-state index in [9.17, 15) is 4.79 Å². The first-order chi connectivity index (χ1) is 13.2. The molecular weight excluding hydrogens is 384 g/mol. The SMILES string of the molecule is O=c1c2ccccc2nc(SCc2cn3cc(Cl)ccc3n2)n1CCCO. The number of halogens is 1. The van der Waals surface area contributed by atoms with Gasteiger partial charge in [0.05, 0.1) is 21.6 Å². The molecule has 4 rings (SSSR count). The van der Waals surface area contributed by atoms with Gasteiger partial charge in [0, 0.05) is 31.3 Å². The van der Waals surface area contributed by atoms with Crippen LogP contribution in [0.15, 0.2) is 58.7 Å². The lowest BCUT2D eigenvalue weighted by atomic mass is 10.2. The number of pyridine rings is 1. The van der Waals surface area contributed by atoms with E-state index in [1.165, 1.54) is 11.8 Å². The topological polar surface area (TPSA) is 72.4 Å². The smallest absolute Gasteiger partial charge is 0.262 e. The Morgan fingerprint density at radius 3 is 2.81 bits per heavy atom. The normalized spacial score (nSPS) is 11.5. The van der Waals surface area contributed by atoms with Crippen molar-refractivity contribution in [2.45, 2.75) is 23.9 Å². The summed E-state index contributed by atoms with van der Waals surface area (Å²) in [4.78, 5) is 22.1. The molecule has 0 fully saturated rings. The minimum atomic E-state index is -0.0849. The van der Waals surface area contributed by atoms with Crippen molar-refractivity contribution in [3.63, 3.8) is 0 Å². The van der Waals surface area contributed by atoms with Gasteiger partial charge in [-0.2, -0.15) is 0 Å². The minimum Gasteiger partial charge on any atom is -0.396 e. The van der Waals surface area contributed by atoms with Gasteiger partial charge < -0.3 is 9.51 Å². The third-order valence-corrected chi connectivity index (χ3v) is 5.41. The van der Waals surface area contributed by atoms with Crippen molar-refractivity contribution < 1.29 is 5.11 Å². The molecule has 0 unspecified atom stereocenters. The molecule has 27 heavy (non-hydrogen) atoms. The van der Waals surface area contributed by atoms with Crippen molar-refractivity contribution >= 4 is 39.9 Å². The Bertz CT molecular complexity index is 1170. The van der Waals surface area contributed by atoms with E-state index >= 15 is 0 Å². The molecule has 0 radical (unpaired) electrons. The van der Waals surface area contributed by atoms with E-state index in [1.807, 2.05) is 41.1 Å². The third kappa shape index (κ3) is 3.71. The molecule has 4 aromatic rings. The third-order valence-electron chi connectivity index (χ3n) is 4.18. The average Bonchev–Trinajstić information content (AvgIpc) is 3.08. The number of thioether (sulfide) groups is 1. The van der Waals surface area contributed by atoms with Gasteiger partial charge in [0.1, 0.15) is 5.65 Å². The maximum atomic E-state index is 12.8. The minimum absolute atomic E-state index is 0.0244. The molecule has 3 heterocycles. The number of hydrogen-bond acceptors (Lipinski definition) is 5. The molecule has 3 aromatic heterocycles. The van der Waals surface area contributed by atoms with E-state index in [2.05, 4.69) is 9.97 Å². The molecule has 0 saturated heterocycles. The molecule has 6 nitrogen and oxygen atoms in total. The second-order valence-corrected chi connectivity index (χ2v) is 7.46. The maximum Gasteiger partial charge on any atom is 0.262 e. The number of imidazole rings is 1. The van der Waals surface area contributed by atoms with Crippen LogP contribution < -0.4 is 5.56 Å². The fourth-order valence-corrected chi connectivity index (χ4v) is 3.99. The molecule has 0 aliphatic carbocycles. The van der Waals surface area contributed by atoms with Crippen molar-refractivity contribution in [2.24, 2.45) is 0 Å². The quantitative estimate of drug-likeness (QED) is 0.397. The number of aliphatic hydroxyl groups excluding tert-OH is 1. The second-order valence-electron chi connectivity index (χ2n) is 6.08. The van der Waals surface area contributed by atoms with Crippen molar-refractivity contribution in [1.29, 1.82) is 0 Å². The van der Waals surface area contributed by atoms with E-state index in [0.29, 0.717) is 39.8 Å². The van der Waals surface area contributed by atoms with Gasteiger partial charge >= 0.3 is 0 Å². The number of para-hydroxylation sites is 1. The molecule has 1 aromatic carbocycles. The number of fused-ring (bicyclic) bond motifs is 2. The summed E-state index contributed by atoms with van der Waals surface area (Å²) in [5.74, 6) is 0.573. The molecule has 8 heteroatoms. The Labute approximate surface area is 164 Å². The van der Waals surface area contributed by atoms with Crippen molar-refractivity contribution in [3.05, 3.63) is 69.9 Å². The van der Waals surface area contributed by atoms with Gasteiger partial charge in [-0.1, -0.05) is 35.5 Å². The fraction of sp³-hybridized carbons (Fsp3) is 0.211. The molecule has 0 amide bonds. The van der Waals surface area contributed by atoms with Crippen LogP contribution >= 0.6 is 23.4 Å². The predicted octanol–water partition coefficient (Wildman–Crippen LogP) is 3.37. The van der Waals surface area contributed by atoms with Gasteiger partial charge in [-0.15, -0.1) is 0 Å². The summed E-state index contributed by atoms with van der Waals surface area (Å²) < 4.78 is 3.51. The van der Waals surface area contributed by atoms with Gasteiger partial charge in [-0.05, 0) is 30.7 Å². The second kappa shape index (κ2) is 7.72. The number of rotatable bonds is 6. The Hall–Kier alpha value is -2.35. The van der Waals surface area contributed by atoms with E-state index in [4.69, 9.17) is 16.7 Å². The summed E-state index contributed by atoms with van der Waals surface area (Å²) in [5, 5.41) is 11.0. The summed E-state index contributed by atoms with van der Waals surface area (Å²) in [7, 11) is 0. The molecule has 1 N–H and O–H groups in total. The van der Waals surface area contributed by atoms with E-state index in [1.54, 1.807) is 16.7 Å². The van der Waals surface area contributed by atoms with Crippen LogP contribution in [0.3, 0.4) is 0 Å². The van der Waals surface area contributed by atoms with Gasteiger partial charge in [-0.3, -0.25) is 9.36 Å². The molecular formula is C19H17ClN4O2S. The zero-order chi connectivity index (χ0) is 18.8. The lowest BCUT2D eigenvalue weighted by Gasteiger charge is -2.12. The molecule has 0 aliphatic rings. The van der Waals surface area contributed by atoms with Crippen molar-refractivity contribution in [2.75, 3.05) is 6.61 Å². The zero-order valence-electron chi connectivity index (χ0n) is 14.4. The Kier molecular flexibility index (Phi) is 5.15. The summed E-state index contributed by atoms with van der Waals surface area (Å²) >= 11 is 7.48. The summed E-state index contributed by atoms with van der Waals surface area (Å²) in [6.45, 7) is 0.451. The van der Waals surface area contributed by atoms with Crippen molar-refractivity contribution in [1.82, 2.24) is 18.9 Å². The lowest BCUT2D eigenvalue weighted by molar-refractivity contribution is 0.276. The van der Waals surface area contributed by atoms with Crippen LogP contribution in [0.2, 0.25) is 5.02 Å². The largest absolute Gasteiger partial charge is 0.396 e. The van der Waals surface area contributed by atoms with Gasteiger partial charge in [0.2, 0.25) is 0 Å². The lowest BCUT2D eigenvalue weighted by Crippen LogP contribution is -2.24. The highest BCUT2D eigenvalue weighted by molar-refractivity contribution is 7.98. The van der Waals surface area contributed by atoms with Crippen LogP contribution in [0.5, 0.6) is 0 Å². The standard InChI is InChI=1S/C19H17ClN4O2S/c20-13-6-7-17-21-14(11-23(17)10-13)12-27-19-22-16-5-2-1-4-15(16)18(26)24(19)8-3-9-25/h1-2,4-7,10-11,25H,3,8-9,12H2. The first kappa shape index (κ1) is 18.0. The van der Waals surface area contributed by atoms with Crippen LogP contribution in [0.1, 0.15) is 12.1 Å². The van der Waals surface area contributed by atoms with E-state index < -0.39 is 0 Å². The van der Waals surface area contributed by atoms with Crippen LogP contribution in [0.4, 0.5) is 0 Å². The molecule has 138 valence electrons. The van der Waals surface area contributed by atoms with E-state index in [-0.39, 0.29) is 12.2 Å². The van der Waals surface area contributed by atoms with E-state index in [0.717, 1.165) is 11.3 Å². The number of aliphatic hydroxyl groups is 1. The average molecular weight is 401 g/mol.